The summed E-state index contributed by atoms with van der Waals surface area (Å²) in [6.07, 6.45) is 5.95. The minimum atomic E-state index is 0.574. The molecule has 1 aromatic rings. The third-order valence-corrected chi connectivity index (χ3v) is 4.46. The Morgan fingerprint density at radius 2 is 2.11 bits per heavy atom. The van der Waals surface area contributed by atoms with Gasteiger partial charge in [-0.2, -0.15) is 0 Å². The first-order valence-electron chi connectivity index (χ1n) is 7.42. The zero-order chi connectivity index (χ0) is 13.2. The molecule has 2 aliphatic rings. The molecule has 0 aliphatic carbocycles. The number of aromatic nitrogens is 1. The van der Waals surface area contributed by atoms with Crippen molar-refractivity contribution in [3.05, 3.63) is 23.4 Å². The van der Waals surface area contributed by atoms with Crippen molar-refractivity contribution in [3.8, 4) is 0 Å². The summed E-state index contributed by atoms with van der Waals surface area (Å²) >= 11 is 0. The minimum Gasteiger partial charge on any atom is -0.355 e. The van der Waals surface area contributed by atoms with Crippen LogP contribution in [-0.2, 0) is 6.54 Å². The van der Waals surface area contributed by atoms with E-state index < -0.39 is 0 Å². The number of rotatable bonds is 3. The zero-order valence-corrected chi connectivity index (χ0v) is 11.8. The fourth-order valence-corrected chi connectivity index (χ4v) is 3.41. The van der Waals surface area contributed by atoms with Gasteiger partial charge < -0.3 is 10.6 Å². The quantitative estimate of drug-likeness (QED) is 0.895. The Morgan fingerprint density at radius 1 is 1.32 bits per heavy atom. The van der Waals surface area contributed by atoms with Crippen LogP contribution in [0, 0.1) is 6.92 Å². The Bertz CT molecular complexity index is 440. The topological polar surface area (TPSA) is 45.4 Å². The molecule has 1 unspecified atom stereocenters. The molecule has 1 aromatic heterocycles. The highest BCUT2D eigenvalue weighted by molar-refractivity contribution is 5.48. The molecule has 2 N–H and O–H groups in total. The summed E-state index contributed by atoms with van der Waals surface area (Å²) in [6.45, 7) is 7.57. The van der Waals surface area contributed by atoms with Gasteiger partial charge in [0.25, 0.3) is 0 Å². The maximum absolute atomic E-state index is 5.67. The summed E-state index contributed by atoms with van der Waals surface area (Å²) in [5, 5.41) is 0. The van der Waals surface area contributed by atoms with Crippen LogP contribution in [0.3, 0.4) is 0 Å². The number of nitrogens with zero attached hydrogens (tertiary/aromatic N) is 3. The normalized spacial score (nSPS) is 24.3. The molecule has 4 nitrogen and oxygen atoms in total. The van der Waals surface area contributed by atoms with E-state index in [-0.39, 0.29) is 0 Å². The predicted octanol–water partition coefficient (Wildman–Crippen LogP) is 1.52. The SMILES string of the molecule is Cc1cc(CN)cnc1N1CCC(N2CCCC2)C1. The molecule has 104 valence electrons. The maximum Gasteiger partial charge on any atom is 0.131 e. The third kappa shape index (κ3) is 2.60. The molecule has 0 aromatic carbocycles. The molecular formula is C15H24N4. The highest BCUT2D eigenvalue weighted by Gasteiger charge is 2.30. The Balaban J connectivity index is 1.70. The van der Waals surface area contributed by atoms with Gasteiger partial charge in [0.1, 0.15) is 5.82 Å². The number of hydrogen-bond acceptors (Lipinski definition) is 4. The van der Waals surface area contributed by atoms with Crippen molar-refractivity contribution < 1.29 is 0 Å². The molecule has 3 rings (SSSR count). The molecule has 2 saturated heterocycles. The van der Waals surface area contributed by atoms with E-state index in [9.17, 15) is 0 Å². The molecule has 2 fully saturated rings. The lowest BCUT2D eigenvalue weighted by Gasteiger charge is -2.24. The van der Waals surface area contributed by atoms with Crippen molar-refractivity contribution in [2.75, 3.05) is 31.1 Å². The second-order valence-corrected chi connectivity index (χ2v) is 5.82. The van der Waals surface area contributed by atoms with E-state index >= 15 is 0 Å². The van der Waals surface area contributed by atoms with Gasteiger partial charge in [-0.25, -0.2) is 4.98 Å². The molecule has 0 amide bonds. The molecule has 0 radical (unpaired) electrons. The average Bonchev–Trinajstić information content (AvgIpc) is 3.09. The third-order valence-electron chi connectivity index (χ3n) is 4.46. The van der Waals surface area contributed by atoms with Gasteiger partial charge in [0.05, 0.1) is 0 Å². The molecular weight excluding hydrogens is 236 g/mol. The first-order valence-corrected chi connectivity index (χ1v) is 7.42. The number of hydrogen-bond donors (Lipinski definition) is 1. The highest BCUT2D eigenvalue weighted by Crippen LogP contribution is 2.26. The second-order valence-electron chi connectivity index (χ2n) is 5.82. The van der Waals surface area contributed by atoms with Crippen LogP contribution in [0.1, 0.15) is 30.4 Å². The molecule has 19 heavy (non-hydrogen) atoms. The lowest BCUT2D eigenvalue weighted by molar-refractivity contribution is 0.260. The van der Waals surface area contributed by atoms with Crippen LogP contribution in [0.15, 0.2) is 12.3 Å². The summed E-state index contributed by atoms with van der Waals surface area (Å²) in [6, 6.07) is 2.91. The van der Waals surface area contributed by atoms with Crippen LogP contribution in [0.2, 0.25) is 0 Å². The largest absolute Gasteiger partial charge is 0.355 e. The van der Waals surface area contributed by atoms with Crippen LogP contribution in [0.25, 0.3) is 0 Å². The summed E-state index contributed by atoms with van der Waals surface area (Å²) in [7, 11) is 0. The monoisotopic (exact) mass is 260 g/mol. The van der Waals surface area contributed by atoms with Crippen LogP contribution in [0.5, 0.6) is 0 Å². The van der Waals surface area contributed by atoms with Crippen molar-refractivity contribution in [1.82, 2.24) is 9.88 Å². The van der Waals surface area contributed by atoms with Crippen LogP contribution in [0.4, 0.5) is 5.82 Å². The number of anilines is 1. The highest BCUT2D eigenvalue weighted by atomic mass is 15.3. The van der Waals surface area contributed by atoms with Gasteiger partial charge in [-0.15, -0.1) is 0 Å². The molecule has 0 spiro atoms. The zero-order valence-electron chi connectivity index (χ0n) is 11.8. The van der Waals surface area contributed by atoms with Crippen LogP contribution < -0.4 is 10.6 Å². The predicted molar refractivity (Wildman–Crippen MR) is 78.3 cm³/mol. The van der Waals surface area contributed by atoms with Crippen LogP contribution >= 0.6 is 0 Å². The Labute approximate surface area is 115 Å². The molecule has 2 aliphatic heterocycles. The van der Waals surface area contributed by atoms with E-state index in [0.717, 1.165) is 30.5 Å². The smallest absolute Gasteiger partial charge is 0.131 e. The van der Waals surface area contributed by atoms with Gasteiger partial charge in [-0.1, -0.05) is 0 Å². The summed E-state index contributed by atoms with van der Waals surface area (Å²) in [5.41, 5.74) is 8.04. The van der Waals surface area contributed by atoms with E-state index in [1.807, 2.05) is 6.20 Å². The molecule has 3 heterocycles. The van der Waals surface area contributed by atoms with E-state index in [0.29, 0.717) is 6.54 Å². The van der Waals surface area contributed by atoms with Crippen molar-refractivity contribution >= 4 is 5.82 Å². The minimum absolute atomic E-state index is 0.574. The van der Waals surface area contributed by atoms with Gasteiger partial charge in [0.2, 0.25) is 0 Å². The lowest BCUT2D eigenvalue weighted by atomic mass is 10.2. The van der Waals surface area contributed by atoms with E-state index in [4.69, 9.17) is 5.73 Å². The fraction of sp³-hybridized carbons (Fsp3) is 0.667. The second kappa shape index (κ2) is 5.47. The number of nitrogens with two attached hydrogens (primary N) is 1. The number of likely N-dealkylation sites (tertiary alicyclic amines) is 1. The molecule has 0 bridgehead atoms. The summed E-state index contributed by atoms with van der Waals surface area (Å²) < 4.78 is 0. The average molecular weight is 260 g/mol. The number of aryl methyl sites for hydroxylation is 1. The van der Waals surface area contributed by atoms with Gasteiger partial charge in [0.15, 0.2) is 0 Å². The molecule has 1 atom stereocenters. The standard InChI is InChI=1S/C15H24N4/c1-12-8-13(9-16)10-17-15(12)19-7-4-14(11-19)18-5-2-3-6-18/h8,10,14H,2-7,9,11,16H2,1H3. The van der Waals surface area contributed by atoms with Crippen molar-refractivity contribution in [2.24, 2.45) is 5.73 Å². The summed E-state index contributed by atoms with van der Waals surface area (Å²) in [5.74, 6) is 1.15. The van der Waals surface area contributed by atoms with Crippen molar-refractivity contribution in [1.29, 1.82) is 0 Å². The first kappa shape index (κ1) is 12.9. The first-order chi connectivity index (χ1) is 9.28. The fourth-order valence-electron chi connectivity index (χ4n) is 3.41. The van der Waals surface area contributed by atoms with E-state index in [2.05, 4.69) is 27.8 Å². The number of pyridine rings is 1. The lowest BCUT2D eigenvalue weighted by Crippen LogP contribution is -2.35. The van der Waals surface area contributed by atoms with E-state index in [1.165, 1.54) is 37.9 Å². The van der Waals surface area contributed by atoms with Crippen molar-refractivity contribution in [2.45, 2.75) is 38.8 Å². The van der Waals surface area contributed by atoms with E-state index in [1.54, 1.807) is 0 Å². The van der Waals surface area contributed by atoms with Gasteiger partial charge in [-0.05, 0) is 56.5 Å². The maximum atomic E-state index is 5.67. The van der Waals surface area contributed by atoms with Gasteiger partial charge >= 0.3 is 0 Å². The van der Waals surface area contributed by atoms with Gasteiger partial charge in [-0.3, -0.25) is 4.90 Å². The molecule has 0 saturated carbocycles. The molecule has 4 heteroatoms. The Morgan fingerprint density at radius 3 is 2.79 bits per heavy atom. The summed E-state index contributed by atoms with van der Waals surface area (Å²) in [4.78, 5) is 9.72. The van der Waals surface area contributed by atoms with Crippen molar-refractivity contribution in [3.63, 3.8) is 0 Å². The van der Waals surface area contributed by atoms with Crippen LogP contribution in [-0.4, -0.2) is 42.1 Å². The Hall–Kier alpha value is -1.13. The Kier molecular flexibility index (Phi) is 3.71. The van der Waals surface area contributed by atoms with Gasteiger partial charge in [0, 0.05) is 31.9 Å².